The van der Waals surface area contributed by atoms with Crippen molar-refractivity contribution in [1.82, 2.24) is 5.32 Å². The molecule has 1 aromatic carbocycles. The van der Waals surface area contributed by atoms with E-state index < -0.39 is 0 Å². The fourth-order valence-electron chi connectivity index (χ4n) is 3.00. The molecule has 0 amide bonds. The fraction of sp³-hybridized carbons (Fsp3) is 0.667. The maximum atomic E-state index is 6.06. The zero-order valence-corrected chi connectivity index (χ0v) is 13.2. The van der Waals surface area contributed by atoms with Crippen LogP contribution in [0.15, 0.2) is 24.3 Å². The number of hydrogen-bond acceptors (Lipinski definition) is 3. The van der Waals surface area contributed by atoms with Crippen LogP contribution in [0.3, 0.4) is 0 Å². The van der Waals surface area contributed by atoms with Crippen molar-refractivity contribution in [2.45, 2.75) is 77.0 Å². The van der Waals surface area contributed by atoms with Gasteiger partial charge in [0.15, 0.2) is 0 Å². The van der Waals surface area contributed by atoms with E-state index in [1.54, 1.807) is 0 Å². The van der Waals surface area contributed by atoms with Gasteiger partial charge >= 0.3 is 0 Å². The first-order chi connectivity index (χ1) is 10.2. The highest BCUT2D eigenvalue weighted by atomic mass is 16.5. The van der Waals surface area contributed by atoms with E-state index in [4.69, 9.17) is 9.47 Å². The summed E-state index contributed by atoms with van der Waals surface area (Å²) >= 11 is 0. The first-order valence-electron chi connectivity index (χ1n) is 8.27. The van der Waals surface area contributed by atoms with Crippen LogP contribution in [0.4, 0.5) is 0 Å². The normalized spacial score (nSPS) is 29.5. The SMILES string of the molecule is CC1CC(OCc2ccc(CNC3CC3)cc2)CC(C)O1. The average molecular weight is 289 g/mol. The summed E-state index contributed by atoms with van der Waals surface area (Å²) in [6.45, 7) is 5.96. The van der Waals surface area contributed by atoms with Gasteiger partial charge in [0, 0.05) is 12.6 Å². The van der Waals surface area contributed by atoms with E-state index in [9.17, 15) is 0 Å². The Balaban J connectivity index is 1.43. The lowest BCUT2D eigenvalue weighted by atomic mass is 10.0. The molecule has 1 N–H and O–H groups in total. The maximum Gasteiger partial charge on any atom is 0.0720 e. The van der Waals surface area contributed by atoms with Crippen LogP contribution in [0.1, 0.15) is 50.7 Å². The molecule has 1 aromatic rings. The van der Waals surface area contributed by atoms with Gasteiger partial charge in [-0.3, -0.25) is 0 Å². The predicted molar refractivity (Wildman–Crippen MR) is 84.1 cm³/mol. The zero-order valence-electron chi connectivity index (χ0n) is 13.2. The van der Waals surface area contributed by atoms with Crippen LogP contribution in [0.2, 0.25) is 0 Å². The van der Waals surface area contributed by atoms with Gasteiger partial charge in [0.05, 0.1) is 24.9 Å². The second kappa shape index (κ2) is 6.91. The van der Waals surface area contributed by atoms with Gasteiger partial charge < -0.3 is 14.8 Å². The number of nitrogens with one attached hydrogen (secondary N) is 1. The van der Waals surface area contributed by atoms with E-state index in [2.05, 4.69) is 43.4 Å². The Labute approximate surface area is 128 Å². The van der Waals surface area contributed by atoms with Crippen LogP contribution in [0.5, 0.6) is 0 Å². The molecule has 21 heavy (non-hydrogen) atoms. The summed E-state index contributed by atoms with van der Waals surface area (Å²) in [4.78, 5) is 0. The molecule has 0 bridgehead atoms. The van der Waals surface area contributed by atoms with Crippen molar-refractivity contribution in [3.05, 3.63) is 35.4 Å². The second-order valence-corrected chi connectivity index (χ2v) is 6.63. The van der Waals surface area contributed by atoms with E-state index in [-0.39, 0.29) is 0 Å². The summed E-state index contributed by atoms with van der Waals surface area (Å²) in [5.74, 6) is 0. The largest absolute Gasteiger partial charge is 0.375 e. The lowest BCUT2D eigenvalue weighted by Crippen LogP contribution is -2.33. The highest BCUT2D eigenvalue weighted by molar-refractivity contribution is 5.22. The first-order valence-corrected chi connectivity index (χ1v) is 8.27. The molecule has 1 aliphatic heterocycles. The standard InChI is InChI=1S/C18H27NO2/c1-13-9-18(10-14(2)21-13)20-12-16-5-3-15(4-6-16)11-19-17-7-8-17/h3-6,13-14,17-19H,7-12H2,1-2H3. The molecule has 0 aromatic heterocycles. The molecule has 116 valence electrons. The Morgan fingerprint density at radius 2 is 1.67 bits per heavy atom. The minimum atomic E-state index is 0.314. The molecule has 1 heterocycles. The van der Waals surface area contributed by atoms with E-state index in [0.29, 0.717) is 24.9 Å². The number of ether oxygens (including phenoxy) is 2. The molecule has 3 rings (SSSR count). The van der Waals surface area contributed by atoms with Crippen molar-refractivity contribution in [2.75, 3.05) is 0 Å². The van der Waals surface area contributed by atoms with Gasteiger partial charge in [-0.15, -0.1) is 0 Å². The molecule has 2 aliphatic rings. The van der Waals surface area contributed by atoms with Gasteiger partial charge in [0.2, 0.25) is 0 Å². The predicted octanol–water partition coefficient (Wildman–Crippen LogP) is 3.41. The number of rotatable bonds is 6. The highest BCUT2D eigenvalue weighted by Gasteiger charge is 2.24. The molecular formula is C18H27NO2. The van der Waals surface area contributed by atoms with Crippen LogP contribution < -0.4 is 5.32 Å². The zero-order chi connectivity index (χ0) is 14.7. The summed E-state index contributed by atoms with van der Waals surface area (Å²) in [7, 11) is 0. The van der Waals surface area contributed by atoms with E-state index >= 15 is 0 Å². The molecule has 2 atom stereocenters. The summed E-state index contributed by atoms with van der Waals surface area (Å²) in [6.07, 6.45) is 5.66. The van der Waals surface area contributed by atoms with Crippen molar-refractivity contribution in [3.8, 4) is 0 Å². The smallest absolute Gasteiger partial charge is 0.0720 e. The van der Waals surface area contributed by atoms with E-state index in [1.807, 2.05) is 0 Å². The molecule has 1 aliphatic carbocycles. The van der Waals surface area contributed by atoms with Gasteiger partial charge in [-0.05, 0) is 50.7 Å². The Morgan fingerprint density at radius 3 is 2.29 bits per heavy atom. The van der Waals surface area contributed by atoms with Gasteiger partial charge in [-0.25, -0.2) is 0 Å². The van der Waals surface area contributed by atoms with Gasteiger partial charge in [0.1, 0.15) is 0 Å². The van der Waals surface area contributed by atoms with Crippen molar-refractivity contribution in [2.24, 2.45) is 0 Å². The van der Waals surface area contributed by atoms with Gasteiger partial charge in [-0.1, -0.05) is 24.3 Å². The van der Waals surface area contributed by atoms with Crippen molar-refractivity contribution in [1.29, 1.82) is 0 Å². The Kier molecular flexibility index (Phi) is 4.94. The fourth-order valence-corrected chi connectivity index (χ4v) is 3.00. The van der Waals surface area contributed by atoms with Gasteiger partial charge in [0.25, 0.3) is 0 Å². The molecule has 2 fully saturated rings. The Morgan fingerprint density at radius 1 is 1.05 bits per heavy atom. The number of hydrogen-bond donors (Lipinski definition) is 1. The molecule has 0 radical (unpaired) electrons. The average Bonchev–Trinajstić information content (AvgIpc) is 3.27. The minimum absolute atomic E-state index is 0.314. The molecular weight excluding hydrogens is 262 g/mol. The first kappa shape index (κ1) is 15.0. The summed E-state index contributed by atoms with van der Waals surface area (Å²) in [6, 6.07) is 9.57. The lowest BCUT2D eigenvalue weighted by Gasteiger charge is -2.32. The lowest BCUT2D eigenvalue weighted by molar-refractivity contribution is -0.106. The molecule has 3 heteroatoms. The second-order valence-electron chi connectivity index (χ2n) is 6.63. The van der Waals surface area contributed by atoms with Crippen LogP contribution in [-0.2, 0) is 22.6 Å². The quantitative estimate of drug-likeness (QED) is 0.870. The summed E-state index contributed by atoms with van der Waals surface area (Å²) < 4.78 is 11.8. The van der Waals surface area contributed by atoms with Gasteiger partial charge in [-0.2, -0.15) is 0 Å². The van der Waals surface area contributed by atoms with Crippen LogP contribution in [-0.4, -0.2) is 24.4 Å². The van der Waals surface area contributed by atoms with Crippen LogP contribution in [0, 0.1) is 0 Å². The molecule has 1 saturated carbocycles. The van der Waals surface area contributed by atoms with Crippen molar-refractivity contribution < 1.29 is 9.47 Å². The third-order valence-electron chi connectivity index (χ3n) is 4.34. The third-order valence-corrected chi connectivity index (χ3v) is 4.34. The molecule has 1 saturated heterocycles. The van der Waals surface area contributed by atoms with Crippen LogP contribution >= 0.6 is 0 Å². The Hall–Kier alpha value is -0.900. The number of benzene rings is 1. The van der Waals surface area contributed by atoms with Crippen molar-refractivity contribution >= 4 is 0 Å². The molecule has 3 nitrogen and oxygen atoms in total. The molecule has 0 spiro atoms. The van der Waals surface area contributed by atoms with Crippen LogP contribution in [0.25, 0.3) is 0 Å². The highest BCUT2D eigenvalue weighted by Crippen LogP contribution is 2.23. The summed E-state index contributed by atoms with van der Waals surface area (Å²) in [5, 5.41) is 3.54. The maximum absolute atomic E-state index is 6.06. The third kappa shape index (κ3) is 4.80. The van der Waals surface area contributed by atoms with E-state index in [1.165, 1.54) is 24.0 Å². The monoisotopic (exact) mass is 289 g/mol. The van der Waals surface area contributed by atoms with E-state index in [0.717, 1.165) is 25.4 Å². The topological polar surface area (TPSA) is 30.5 Å². The minimum Gasteiger partial charge on any atom is -0.375 e. The molecule has 2 unspecified atom stereocenters. The Bertz CT molecular complexity index is 431. The summed E-state index contributed by atoms with van der Waals surface area (Å²) in [5.41, 5.74) is 2.62. The van der Waals surface area contributed by atoms with Crippen molar-refractivity contribution in [3.63, 3.8) is 0 Å².